The van der Waals surface area contributed by atoms with Crippen LogP contribution in [0.3, 0.4) is 0 Å². The molecule has 0 amide bonds. The van der Waals surface area contributed by atoms with Gasteiger partial charge in [0.05, 0.1) is 24.4 Å². The van der Waals surface area contributed by atoms with Crippen molar-refractivity contribution in [2.24, 2.45) is 58.2 Å². The van der Waals surface area contributed by atoms with Crippen LogP contribution in [0.4, 0.5) is 0 Å². The lowest BCUT2D eigenvalue weighted by molar-refractivity contribution is -0.175. The van der Waals surface area contributed by atoms with Crippen LogP contribution in [-0.4, -0.2) is 50.6 Å². The Hall–Kier alpha value is -0.490. The summed E-state index contributed by atoms with van der Waals surface area (Å²) in [6, 6.07) is 0. The molecular formula is C28H48O5. The van der Waals surface area contributed by atoms with E-state index in [9.17, 15) is 25.2 Å². The van der Waals surface area contributed by atoms with Crippen LogP contribution in [0.1, 0.15) is 86.5 Å². The molecule has 190 valence electrons. The largest absolute Gasteiger partial charge is 0.390 e. The molecule has 0 aromatic carbocycles. The summed E-state index contributed by atoms with van der Waals surface area (Å²) in [6.07, 6.45) is 2.80. The number of carbonyl (C=O) groups is 1. The maximum atomic E-state index is 13.3. The van der Waals surface area contributed by atoms with Crippen LogP contribution < -0.4 is 0 Å². The highest BCUT2D eigenvalue weighted by molar-refractivity contribution is 5.83. The Bertz CT molecular complexity index is 738. The molecule has 4 N–H and O–H groups in total. The molecule has 0 aromatic heterocycles. The zero-order chi connectivity index (χ0) is 24.5. The van der Waals surface area contributed by atoms with Gasteiger partial charge in [-0.05, 0) is 90.8 Å². The highest BCUT2D eigenvalue weighted by Crippen LogP contribution is 2.67. The zero-order valence-corrected chi connectivity index (χ0v) is 21.6. The normalized spacial score (nSPS) is 49.1. The Morgan fingerprint density at radius 2 is 1.52 bits per heavy atom. The third-order valence-corrected chi connectivity index (χ3v) is 11.7. The second kappa shape index (κ2) is 8.87. The maximum absolute atomic E-state index is 13.3. The van der Waals surface area contributed by atoms with Crippen LogP contribution in [0.25, 0.3) is 0 Å². The number of ketones is 1. The van der Waals surface area contributed by atoms with Gasteiger partial charge in [-0.2, -0.15) is 0 Å². The van der Waals surface area contributed by atoms with Crippen molar-refractivity contribution in [3.8, 4) is 0 Å². The fourth-order valence-corrected chi connectivity index (χ4v) is 9.23. The number of fused-ring (bicyclic) bond motifs is 5. The molecule has 4 aliphatic carbocycles. The molecule has 33 heavy (non-hydrogen) atoms. The minimum Gasteiger partial charge on any atom is -0.390 e. The van der Waals surface area contributed by atoms with Crippen molar-refractivity contribution in [1.29, 1.82) is 0 Å². The predicted octanol–water partition coefficient (Wildman–Crippen LogP) is 3.81. The second-order valence-electron chi connectivity index (χ2n) is 13.4. The van der Waals surface area contributed by atoms with Gasteiger partial charge in [0.1, 0.15) is 5.78 Å². The van der Waals surface area contributed by atoms with Crippen molar-refractivity contribution < 1.29 is 25.2 Å². The molecule has 2 unspecified atom stereocenters. The highest BCUT2D eigenvalue weighted by atomic mass is 16.3. The van der Waals surface area contributed by atoms with E-state index in [1.165, 1.54) is 0 Å². The van der Waals surface area contributed by atoms with E-state index in [0.717, 1.165) is 25.7 Å². The minimum absolute atomic E-state index is 0.0158. The SMILES string of the molecule is CC(C)[C@@H](C)[C@H](O)[C@@H](O)[C@@H](C)[C@H]1CC[C@H]2C3CC(=O)C4C[C@H](O)[C@H](O)C[C@]4(C)[C@H]3CC[C@]12C. The molecule has 0 radical (unpaired) electrons. The molecule has 4 saturated carbocycles. The summed E-state index contributed by atoms with van der Waals surface area (Å²) in [6.45, 7) is 12.9. The highest BCUT2D eigenvalue weighted by Gasteiger charge is 2.63. The van der Waals surface area contributed by atoms with E-state index in [1.807, 2.05) is 6.92 Å². The lowest BCUT2D eigenvalue weighted by Gasteiger charge is -2.61. The van der Waals surface area contributed by atoms with Gasteiger partial charge < -0.3 is 20.4 Å². The first-order chi connectivity index (χ1) is 15.3. The number of Topliss-reactive ketones (excluding diaryl/α,β-unsaturated/α-hetero) is 1. The van der Waals surface area contributed by atoms with Crippen LogP contribution in [0.15, 0.2) is 0 Å². The number of aliphatic hydroxyl groups excluding tert-OH is 4. The molecule has 0 spiro atoms. The van der Waals surface area contributed by atoms with Gasteiger partial charge in [0.25, 0.3) is 0 Å². The standard InChI is InChI=1S/C28H48O5/c1-14(2)15(3)25(32)26(33)16(4)18-7-8-19-17-11-22(29)21-12-23(30)24(31)13-28(21,6)20(17)9-10-27(18,19)5/h14-21,23-26,30-33H,7-13H2,1-6H3/t15-,16+,17?,18-,19+,20+,21?,23+,24-,25+,26+,27-,28-/m1/s1. The van der Waals surface area contributed by atoms with Crippen molar-refractivity contribution >= 4 is 5.78 Å². The molecule has 0 bridgehead atoms. The van der Waals surface area contributed by atoms with E-state index in [2.05, 4.69) is 34.6 Å². The third-order valence-electron chi connectivity index (χ3n) is 11.7. The Morgan fingerprint density at radius 1 is 0.879 bits per heavy atom. The average molecular weight is 465 g/mol. The number of aliphatic hydroxyl groups is 4. The van der Waals surface area contributed by atoms with Crippen LogP contribution in [0.2, 0.25) is 0 Å². The average Bonchev–Trinajstić information content (AvgIpc) is 3.10. The Kier molecular flexibility index (Phi) is 6.88. The van der Waals surface area contributed by atoms with Gasteiger partial charge in [-0.15, -0.1) is 0 Å². The monoisotopic (exact) mass is 464 g/mol. The Morgan fingerprint density at radius 3 is 2.15 bits per heavy atom. The second-order valence-corrected chi connectivity index (χ2v) is 13.4. The fraction of sp³-hybridized carbons (Fsp3) is 0.964. The smallest absolute Gasteiger partial charge is 0.136 e. The lowest BCUT2D eigenvalue weighted by Crippen LogP contribution is -2.59. The van der Waals surface area contributed by atoms with Crippen molar-refractivity contribution in [2.75, 3.05) is 0 Å². The first kappa shape index (κ1) is 25.6. The molecule has 5 heteroatoms. The van der Waals surface area contributed by atoms with E-state index in [-0.39, 0.29) is 34.4 Å². The predicted molar refractivity (Wildman–Crippen MR) is 128 cm³/mol. The molecule has 0 aliphatic heterocycles. The summed E-state index contributed by atoms with van der Waals surface area (Å²) < 4.78 is 0. The van der Waals surface area contributed by atoms with E-state index < -0.39 is 24.4 Å². The molecular weight excluding hydrogens is 416 g/mol. The summed E-state index contributed by atoms with van der Waals surface area (Å²) in [4.78, 5) is 13.3. The van der Waals surface area contributed by atoms with Crippen LogP contribution >= 0.6 is 0 Å². The number of hydrogen-bond acceptors (Lipinski definition) is 5. The van der Waals surface area contributed by atoms with Crippen molar-refractivity contribution in [1.82, 2.24) is 0 Å². The molecule has 4 fully saturated rings. The maximum Gasteiger partial charge on any atom is 0.136 e. The van der Waals surface area contributed by atoms with Gasteiger partial charge in [-0.25, -0.2) is 0 Å². The van der Waals surface area contributed by atoms with Gasteiger partial charge in [-0.1, -0.05) is 41.5 Å². The topological polar surface area (TPSA) is 98.0 Å². The van der Waals surface area contributed by atoms with Gasteiger partial charge in [0.2, 0.25) is 0 Å². The molecule has 0 heterocycles. The number of carbonyl (C=O) groups excluding carboxylic acids is 1. The molecule has 13 atom stereocenters. The summed E-state index contributed by atoms with van der Waals surface area (Å²) in [7, 11) is 0. The van der Waals surface area contributed by atoms with Crippen molar-refractivity contribution in [3.05, 3.63) is 0 Å². The third kappa shape index (κ3) is 3.93. The Balaban J connectivity index is 1.56. The van der Waals surface area contributed by atoms with E-state index >= 15 is 0 Å². The van der Waals surface area contributed by atoms with Gasteiger partial charge in [-0.3, -0.25) is 4.79 Å². The summed E-state index contributed by atoms with van der Waals surface area (Å²) in [5, 5.41) is 42.8. The summed E-state index contributed by atoms with van der Waals surface area (Å²) in [5.41, 5.74) is -0.162. The van der Waals surface area contributed by atoms with E-state index in [0.29, 0.717) is 48.9 Å². The quantitative estimate of drug-likeness (QED) is 0.496. The molecule has 5 nitrogen and oxygen atoms in total. The summed E-state index contributed by atoms with van der Waals surface area (Å²) in [5.74, 6) is 2.05. The zero-order valence-electron chi connectivity index (χ0n) is 21.6. The van der Waals surface area contributed by atoms with Crippen LogP contribution in [0.5, 0.6) is 0 Å². The van der Waals surface area contributed by atoms with Crippen LogP contribution in [-0.2, 0) is 4.79 Å². The van der Waals surface area contributed by atoms with Gasteiger partial charge in [0.15, 0.2) is 0 Å². The first-order valence-electron chi connectivity index (χ1n) is 13.6. The molecule has 4 rings (SSSR count). The lowest BCUT2D eigenvalue weighted by atomic mass is 9.44. The first-order valence-corrected chi connectivity index (χ1v) is 13.6. The van der Waals surface area contributed by atoms with Gasteiger partial charge in [0, 0.05) is 12.3 Å². The molecule has 0 aromatic rings. The number of rotatable bonds is 5. The van der Waals surface area contributed by atoms with Crippen molar-refractivity contribution in [3.63, 3.8) is 0 Å². The Labute approximate surface area is 200 Å². The summed E-state index contributed by atoms with van der Waals surface area (Å²) >= 11 is 0. The number of hydrogen-bond donors (Lipinski definition) is 4. The minimum atomic E-state index is -0.782. The van der Waals surface area contributed by atoms with Crippen molar-refractivity contribution in [2.45, 2.75) is 111 Å². The molecule has 4 aliphatic rings. The van der Waals surface area contributed by atoms with Crippen LogP contribution in [0, 0.1) is 58.2 Å². The fourth-order valence-electron chi connectivity index (χ4n) is 9.23. The molecule has 0 saturated heterocycles. The van der Waals surface area contributed by atoms with E-state index in [4.69, 9.17) is 0 Å². The van der Waals surface area contributed by atoms with Gasteiger partial charge >= 0.3 is 0 Å². The van der Waals surface area contributed by atoms with E-state index in [1.54, 1.807) is 0 Å².